The van der Waals surface area contributed by atoms with E-state index >= 15 is 0 Å². The molecule has 1 heterocycles. The minimum Gasteiger partial charge on any atom is -0.241 e. The van der Waals surface area contributed by atoms with Crippen molar-refractivity contribution in [2.75, 3.05) is 13.1 Å². The second kappa shape index (κ2) is 4.25. The molecule has 0 amide bonds. The van der Waals surface area contributed by atoms with E-state index in [4.69, 9.17) is 0 Å². The van der Waals surface area contributed by atoms with E-state index in [1.165, 1.54) is 6.20 Å². The van der Waals surface area contributed by atoms with Crippen LogP contribution in [0.3, 0.4) is 0 Å². The zero-order valence-corrected chi connectivity index (χ0v) is 9.07. The molecule has 0 bridgehead atoms. The number of unbranched alkanes of at least 4 members (excludes halogenated alkanes) is 1. The van der Waals surface area contributed by atoms with Gasteiger partial charge < -0.3 is 0 Å². The van der Waals surface area contributed by atoms with Gasteiger partial charge >= 0.3 is 10.3 Å². The van der Waals surface area contributed by atoms with Gasteiger partial charge in [0.15, 0.2) is 0 Å². The lowest BCUT2D eigenvalue weighted by molar-refractivity contribution is -0.751. The van der Waals surface area contributed by atoms with Crippen LogP contribution in [0.15, 0.2) is 24.4 Å². The maximum absolute atomic E-state index is 11.3. The Kier molecular flexibility index (Phi) is 3.47. The average molecular weight is 218 g/mol. The molecular weight excluding hydrogens is 202 g/mol. The number of hydrogen-bond acceptors (Lipinski definition) is 2. The van der Waals surface area contributed by atoms with E-state index in [0.29, 0.717) is 13.1 Å². The SMILES string of the molecule is CCCC[N+]1(S(=O)(=O)O)C=CC=CC1. The van der Waals surface area contributed by atoms with E-state index in [1.54, 1.807) is 18.2 Å². The van der Waals surface area contributed by atoms with Gasteiger partial charge in [-0.2, -0.15) is 3.89 Å². The third kappa shape index (κ3) is 2.23. The zero-order valence-electron chi connectivity index (χ0n) is 8.26. The Morgan fingerprint density at radius 1 is 1.43 bits per heavy atom. The predicted molar refractivity (Wildman–Crippen MR) is 54.7 cm³/mol. The monoisotopic (exact) mass is 218 g/mol. The molecule has 0 fully saturated rings. The fourth-order valence-corrected chi connectivity index (χ4v) is 2.32. The second-order valence-electron chi connectivity index (χ2n) is 3.43. The molecule has 1 aliphatic rings. The summed E-state index contributed by atoms with van der Waals surface area (Å²) in [5.41, 5.74) is 0. The first kappa shape index (κ1) is 11.4. The van der Waals surface area contributed by atoms with Crippen LogP contribution >= 0.6 is 0 Å². The number of hydrogen-bond donors (Lipinski definition) is 1. The van der Waals surface area contributed by atoms with Gasteiger partial charge in [-0.15, -0.1) is 8.42 Å². The molecule has 0 aromatic rings. The summed E-state index contributed by atoms with van der Waals surface area (Å²) in [6.45, 7) is 2.73. The van der Waals surface area contributed by atoms with Crippen molar-refractivity contribution in [3.05, 3.63) is 24.4 Å². The molecule has 14 heavy (non-hydrogen) atoms. The van der Waals surface area contributed by atoms with Crippen LogP contribution in [0.25, 0.3) is 0 Å². The quantitative estimate of drug-likeness (QED) is 0.574. The van der Waals surface area contributed by atoms with Gasteiger partial charge in [-0.05, 0) is 18.6 Å². The van der Waals surface area contributed by atoms with Gasteiger partial charge in [0.25, 0.3) is 0 Å². The van der Waals surface area contributed by atoms with Crippen molar-refractivity contribution in [3.63, 3.8) is 0 Å². The van der Waals surface area contributed by atoms with Crippen LogP contribution < -0.4 is 0 Å². The Bertz CT molecular complexity index is 345. The van der Waals surface area contributed by atoms with E-state index in [0.717, 1.165) is 12.8 Å². The number of allylic oxidation sites excluding steroid dienone is 2. The summed E-state index contributed by atoms with van der Waals surface area (Å²) in [6, 6.07) is 0. The molecule has 0 saturated carbocycles. The van der Waals surface area contributed by atoms with E-state index in [1.807, 2.05) is 6.92 Å². The second-order valence-corrected chi connectivity index (χ2v) is 5.05. The van der Waals surface area contributed by atoms with Crippen LogP contribution in [0.5, 0.6) is 0 Å². The molecular formula is C9H16NO3S+. The normalized spacial score (nSPS) is 26.7. The summed E-state index contributed by atoms with van der Waals surface area (Å²) in [5, 5.41) is 0. The lowest BCUT2D eigenvalue weighted by Crippen LogP contribution is -2.49. The van der Waals surface area contributed by atoms with Crippen molar-refractivity contribution in [3.8, 4) is 0 Å². The number of quaternary nitrogens is 1. The molecule has 0 saturated heterocycles. The molecule has 1 N–H and O–H groups in total. The first-order valence-corrected chi connectivity index (χ1v) is 6.10. The highest BCUT2D eigenvalue weighted by Gasteiger charge is 2.38. The standard InChI is InChI=1S/C9H15NO3S/c1-2-3-7-10(14(11,12)13)8-5-4-6-9-10/h4-6,8H,2-3,7,9H2,1H3/p+1. The highest BCUT2D eigenvalue weighted by molar-refractivity contribution is 7.80. The Morgan fingerprint density at radius 3 is 2.57 bits per heavy atom. The Balaban J connectivity index is 2.92. The molecule has 5 heteroatoms. The summed E-state index contributed by atoms with van der Waals surface area (Å²) < 4.78 is 31.3. The van der Waals surface area contributed by atoms with Crippen molar-refractivity contribution in [1.29, 1.82) is 0 Å². The fraction of sp³-hybridized carbons (Fsp3) is 0.556. The van der Waals surface area contributed by atoms with E-state index in [9.17, 15) is 13.0 Å². The molecule has 0 aromatic heterocycles. The largest absolute Gasteiger partial charge is 0.437 e. The summed E-state index contributed by atoms with van der Waals surface area (Å²) in [4.78, 5) is 0. The van der Waals surface area contributed by atoms with Gasteiger partial charge in [-0.25, -0.2) is 4.55 Å². The van der Waals surface area contributed by atoms with Crippen molar-refractivity contribution in [2.24, 2.45) is 0 Å². The van der Waals surface area contributed by atoms with Crippen LogP contribution in [-0.2, 0) is 10.3 Å². The van der Waals surface area contributed by atoms with Gasteiger partial charge in [0.1, 0.15) is 12.7 Å². The maximum Gasteiger partial charge on any atom is 0.437 e. The fourth-order valence-electron chi connectivity index (χ4n) is 1.46. The van der Waals surface area contributed by atoms with E-state index in [2.05, 4.69) is 0 Å². The van der Waals surface area contributed by atoms with Gasteiger partial charge in [-0.3, -0.25) is 0 Å². The minimum absolute atomic E-state index is 0.315. The molecule has 1 atom stereocenters. The predicted octanol–water partition coefficient (Wildman–Crippen LogP) is 1.49. The van der Waals surface area contributed by atoms with Gasteiger partial charge in [-0.1, -0.05) is 19.4 Å². The molecule has 1 rings (SSSR count). The van der Waals surface area contributed by atoms with E-state index in [-0.39, 0.29) is 3.89 Å². The van der Waals surface area contributed by atoms with Crippen LogP contribution in [0.1, 0.15) is 19.8 Å². The van der Waals surface area contributed by atoms with Crippen molar-refractivity contribution in [2.45, 2.75) is 19.8 Å². The lowest BCUT2D eigenvalue weighted by Gasteiger charge is -2.30. The molecule has 1 aliphatic heterocycles. The first-order chi connectivity index (χ1) is 6.52. The Hall–Kier alpha value is -0.650. The summed E-state index contributed by atoms with van der Waals surface area (Å²) in [7, 11) is -4.06. The minimum atomic E-state index is -4.06. The van der Waals surface area contributed by atoms with Crippen LogP contribution in [0, 0.1) is 0 Å². The molecule has 4 nitrogen and oxygen atoms in total. The first-order valence-electron chi connectivity index (χ1n) is 4.70. The smallest absolute Gasteiger partial charge is 0.241 e. The molecule has 0 spiro atoms. The summed E-state index contributed by atoms with van der Waals surface area (Å²) in [5.74, 6) is 0. The van der Waals surface area contributed by atoms with Crippen LogP contribution in [-0.4, -0.2) is 29.9 Å². The third-order valence-electron chi connectivity index (χ3n) is 2.37. The average Bonchev–Trinajstić information content (AvgIpc) is 2.14. The van der Waals surface area contributed by atoms with Gasteiger partial charge in [0.2, 0.25) is 0 Å². The highest BCUT2D eigenvalue weighted by atomic mass is 32.2. The van der Waals surface area contributed by atoms with Crippen LogP contribution in [0.2, 0.25) is 0 Å². The molecule has 80 valence electrons. The van der Waals surface area contributed by atoms with Crippen molar-refractivity contribution in [1.82, 2.24) is 0 Å². The Morgan fingerprint density at radius 2 is 2.14 bits per heavy atom. The molecule has 0 radical (unpaired) electrons. The zero-order chi connectivity index (χ0) is 10.7. The topological polar surface area (TPSA) is 54.4 Å². The molecule has 1 unspecified atom stereocenters. The molecule has 0 aromatic carbocycles. The number of rotatable bonds is 4. The van der Waals surface area contributed by atoms with Gasteiger partial charge in [0.05, 0.1) is 6.54 Å². The maximum atomic E-state index is 11.3. The third-order valence-corrected chi connectivity index (χ3v) is 3.74. The van der Waals surface area contributed by atoms with E-state index < -0.39 is 10.3 Å². The van der Waals surface area contributed by atoms with Crippen molar-refractivity contribution >= 4 is 10.3 Å². The summed E-state index contributed by atoms with van der Waals surface area (Å²) in [6.07, 6.45) is 8.42. The summed E-state index contributed by atoms with van der Waals surface area (Å²) >= 11 is 0. The van der Waals surface area contributed by atoms with Gasteiger partial charge in [0, 0.05) is 0 Å². The lowest BCUT2D eigenvalue weighted by atomic mass is 10.3. The van der Waals surface area contributed by atoms with Crippen molar-refractivity contribution < 1.29 is 16.9 Å². The highest BCUT2D eigenvalue weighted by Crippen LogP contribution is 2.19. The number of nitrogens with zero attached hydrogens (tertiary/aromatic N) is 1. The Labute approximate surface area is 85.0 Å². The van der Waals surface area contributed by atoms with Crippen LogP contribution in [0.4, 0.5) is 0 Å². The molecule has 0 aliphatic carbocycles.